The molecule has 2 aromatic rings. The largest absolute Gasteiger partial charge is 0.387 e. The topological polar surface area (TPSA) is 44.3 Å². The molecule has 0 aliphatic rings. The van der Waals surface area contributed by atoms with Crippen LogP contribution in [-0.4, -0.2) is 23.3 Å². The van der Waals surface area contributed by atoms with E-state index in [0.29, 0.717) is 11.7 Å². The van der Waals surface area contributed by atoms with E-state index in [0.717, 1.165) is 18.5 Å². The van der Waals surface area contributed by atoms with Crippen LogP contribution in [-0.2, 0) is 6.42 Å². The van der Waals surface area contributed by atoms with E-state index < -0.39 is 6.10 Å². The third-order valence-corrected chi connectivity index (χ3v) is 3.47. The van der Waals surface area contributed by atoms with Gasteiger partial charge in [-0.2, -0.15) is 0 Å². The van der Waals surface area contributed by atoms with Gasteiger partial charge in [-0.25, -0.2) is 0 Å². The summed E-state index contributed by atoms with van der Waals surface area (Å²) in [7, 11) is 0. The van der Waals surface area contributed by atoms with Gasteiger partial charge in [0.1, 0.15) is 0 Å². The lowest BCUT2D eigenvalue weighted by Gasteiger charge is -2.14. The summed E-state index contributed by atoms with van der Waals surface area (Å²) in [5.74, 6) is 0. The molecule has 3 nitrogen and oxygen atoms in total. The average molecular weight is 300 g/mol. The highest BCUT2D eigenvalue weighted by Crippen LogP contribution is 2.10. The fraction of sp³-hybridized carbons (Fsp3) is 0.235. The molecule has 2 rings (SSSR count). The summed E-state index contributed by atoms with van der Waals surface area (Å²) in [5.41, 5.74) is 2.16. The third kappa shape index (κ3) is 5.53. The molecule has 0 saturated carbocycles. The molecule has 110 valence electrons. The lowest BCUT2D eigenvalue weighted by Crippen LogP contribution is -2.38. The normalized spacial score (nSPS) is 11.7. The van der Waals surface area contributed by atoms with Crippen molar-refractivity contribution in [2.24, 2.45) is 0 Å². The Morgan fingerprint density at radius 1 is 0.952 bits per heavy atom. The van der Waals surface area contributed by atoms with E-state index in [4.69, 9.17) is 12.2 Å². The number of hydrogen-bond acceptors (Lipinski definition) is 2. The highest BCUT2D eigenvalue weighted by Gasteiger charge is 2.06. The van der Waals surface area contributed by atoms with Crippen molar-refractivity contribution in [2.45, 2.75) is 12.5 Å². The molecule has 0 bridgehead atoms. The first-order chi connectivity index (χ1) is 10.3. The molecule has 0 aromatic heterocycles. The van der Waals surface area contributed by atoms with Crippen molar-refractivity contribution in [1.29, 1.82) is 0 Å². The monoisotopic (exact) mass is 300 g/mol. The molecule has 21 heavy (non-hydrogen) atoms. The van der Waals surface area contributed by atoms with Crippen LogP contribution < -0.4 is 10.6 Å². The van der Waals surface area contributed by atoms with Crippen molar-refractivity contribution in [3.63, 3.8) is 0 Å². The van der Waals surface area contributed by atoms with E-state index in [1.807, 2.05) is 48.5 Å². The van der Waals surface area contributed by atoms with Gasteiger partial charge in [-0.3, -0.25) is 0 Å². The molecular weight excluding hydrogens is 280 g/mol. The second-order valence-electron chi connectivity index (χ2n) is 4.80. The van der Waals surface area contributed by atoms with E-state index in [2.05, 4.69) is 22.8 Å². The summed E-state index contributed by atoms with van der Waals surface area (Å²) in [5, 5.41) is 16.8. The fourth-order valence-corrected chi connectivity index (χ4v) is 2.20. The maximum absolute atomic E-state index is 10.0. The van der Waals surface area contributed by atoms with Crippen molar-refractivity contribution in [1.82, 2.24) is 10.6 Å². The van der Waals surface area contributed by atoms with Gasteiger partial charge in [0, 0.05) is 13.1 Å². The van der Waals surface area contributed by atoms with E-state index in [1.54, 1.807) is 0 Å². The second kappa shape index (κ2) is 8.39. The molecule has 0 aliphatic carbocycles. The zero-order chi connectivity index (χ0) is 14.9. The average Bonchev–Trinajstić information content (AvgIpc) is 2.54. The molecule has 2 aromatic carbocycles. The maximum Gasteiger partial charge on any atom is 0.166 e. The minimum atomic E-state index is -0.555. The Morgan fingerprint density at radius 3 is 2.24 bits per heavy atom. The smallest absolute Gasteiger partial charge is 0.166 e. The Balaban J connectivity index is 1.66. The van der Waals surface area contributed by atoms with Crippen molar-refractivity contribution in [3.8, 4) is 0 Å². The van der Waals surface area contributed by atoms with Crippen LogP contribution >= 0.6 is 12.2 Å². The predicted octanol–water partition coefficient (Wildman–Crippen LogP) is 2.43. The van der Waals surface area contributed by atoms with Gasteiger partial charge in [0.15, 0.2) is 5.11 Å². The molecule has 4 heteroatoms. The number of hydrogen-bond donors (Lipinski definition) is 3. The van der Waals surface area contributed by atoms with Crippen molar-refractivity contribution in [2.75, 3.05) is 13.1 Å². The number of aliphatic hydroxyl groups excluding tert-OH is 1. The van der Waals surface area contributed by atoms with Gasteiger partial charge in [0.25, 0.3) is 0 Å². The van der Waals surface area contributed by atoms with Gasteiger partial charge >= 0.3 is 0 Å². The standard InChI is InChI=1S/C17H20N2OS/c20-16(15-9-5-2-6-10-15)13-19-17(21)18-12-11-14-7-3-1-4-8-14/h1-10,16,20H,11-13H2,(H2,18,19,21). The summed E-state index contributed by atoms with van der Waals surface area (Å²) in [6.45, 7) is 1.18. The summed E-state index contributed by atoms with van der Waals surface area (Å²) < 4.78 is 0. The first-order valence-corrected chi connectivity index (χ1v) is 7.45. The summed E-state index contributed by atoms with van der Waals surface area (Å²) >= 11 is 5.20. The summed E-state index contributed by atoms with van der Waals surface area (Å²) in [4.78, 5) is 0. The Morgan fingerprint density at radius 2 is 1.57 bits per heavy atom. The van der Waals surface area contributed by atoms with Crippen LogP contribution in [0.4, 0.5) is 0 Å². The Kier molecular flexibility index (Phi) is 6.19. The van der Waals surface area contributed by atoms with Gasteiger partial charge in [-0.05, 0) is 29.8 Å². The number of thiocarbonyl (C=S) groups is 1. The molecule has 0 radical (unpaired) electrons. The third-order valence-electron chi connectivity index (χ3n) is 3.18. The zero-order valence-corrected chi connectivity index (χ0v) is 12.6. The number of rotatable bonds is 6. The van der Waals surface area contributed by atoms with Gasteiger partial charge in [-0.1, -0.05) is 60.7 Å². The summed E-state index contributed by atoms with van der Waals surface area (Å²) in [6.07, 6.45) is 0.365. The number of aliphatic hydroxyl groups is 1. The first kappa shape index (κ1) is 15.5. The fourth-order valence-electron chi connectivity index (χ4n) is 2.01. The molecule has 0 heterocycles. The predicted molar refractivity (Wildman–Crippen MR) is 90.2 cm³/mol. The number of nitrogens with one attached hydrogen (secondary N) is 2. The highest BCUT2D eigenvalue weighted by atomic mass is 32.1. The van der Waals surface area contributed by atoms with Crippen LogP contribution in [0, 0.1) is 0 Å². The van der Waals surface area contributed by atoms with Gasteiger partial charge in [-0.15, -0.1) is 0 Å². The van der Waals surface area contributed by atoms with Crippen LogP contribution in [0.15, 0.2) is 60.7 Å². The van der Waals surface area contributed by atoms with Crippen LogP contribution in [0.1, 0.15) is 17.2 Å². The van der Waals surface area contributed by atoms with E-state index in [1.165, 1.54) is 5.56 Å². The van der Waals surface area contributed by atoms with Gasteiger partial charge in [0.05, 0.1) is 6.10 Å². The van der Waals surface area contributed by atoms with Crippen LogP contribution in [0.2, 0.25) is 0 Å². The molecule has 0 fully saturated rings. The second-order valence-corrected chi connectivity index (χ2v) is 5.21. The first-order valence-electron chi connectivity index (χ1n) is 7.04. The minimum absolute atomic E-state index is 0.404. The molecule has 0 aliphatic heterocycles. The Bertz CT molecular complexity index is 545. The highest BCUT2D eigenvalue weighted by molar-refractivity contribution is 7.80. The minimum Gasteiger partial charge on any atom is -0.387 e. The van der Waals surface area contributed by atoms with E-state index in [-0.39, 0.29) is 0 Å². The zero-order valence-electron chi connectivity index (χ0n) is 11.8. The molecule has 1 atom stereocenters. The molecule has 0 amide bonds. The van der Waals surface area contributed by atoms with E-state index >= 15 is 0 Å². The lowest BCUT2D eigenvalue weighted by molar-refractivity contribution is 0.181. The molecule has 0 spiro atoms. The van der Waals surface area contributed by atoms with Crippen molar-refractivity contribution >= 4 is 17.3 Å². The van der Waals surface area contributed by atoms with Gasteiger partial charge < -0.3 is 15.7 Å². The van der Waals surface area contributed by atoms with Gasteiger partial charge in [0.2, 0.25) is 0 Å². The van der Waals surface area contributed by atoms with Crippen LogP contribution in [0.25, 0.3) is 0 Å². The molecule has 3 N–H and O–H groups in total. The maximum atomic E-state index is 10.0. The Labute approximate surface area is 131 Å². The quantitative estimate of drug-likeness (QED) is 0.717. The molecule has 1 unspecified atom stereocenters. The lowest BCUT2D eigenvalue weighted by atomic mass is 10.1. The SMILES string of the molecule is OC(CNC(=S)NCCc1ccccc1)c1ccccc1. The van der Waals surface area contributed by atoms with Crippen molar-refractivity contribution < 1.29 is 5.11 Å². The van der Waals surface area contributed by atoms with E-state index in [9.17, 15) is 5.11 Å². The Hall–Kier alpha value is -1.91. The summed E-state index contributed by atoms with van der Waals surface area (Å²) in [6, 6.07) is 19.8. The van der Waals surface area contributed by atoms with Crippen LogP contribution in [0.3, 0.4) is 0 Å². The molecule has 0 saturated heterocycles. The number of benzene rings is 2. The molecular formula is C17H20N2OS. The van der Waals surface area contributed by atoms with Crippen LogP contribution in [0.5, 0.6) is 0 Å². The van der Waals surface area contributed by atoms with Crippen molar-refractivity contribution in [3.05, 3.63) is 71.8 Å².